The number of morpholine rings is 1. The van der Waals surface area contributed by atoms with Crippen molar-refractivity contribution in [2.24, 2.45) is 5.73 Å². The largest absolute Gasteiger partial charge is 0.367 e. The molecule has 0 amide bonds. The molecule has 1 unspecified atom stereocenters. The Morgan fingerprint density at radius 2 is 2.47 bits per heavy atom. The van der Waals surface area contributed by atoms with E-state index in [0.29, 0.717) is 13.1 Å². The van der Waals surface area contributed by atoms with E-state index in [-0.39, 0.29) is 6.10 Å². The van der Waals surface area contributed by atoms with Crippen LogP contribution in [0.4, 0.5) is 0 Å². The highest BCUT2D eigenvalue weighted by Crippen LogP contribution is 2.18. The van der Waals surface area contributed by atoms with Crippen LogP contribution in [-0.4, -0.2) is 58.4 Å². The Labute approximate surface area is 88.2 Å². The van der Waals surface area contributed by atoms with E-state index in [4.69, 9.17) is 10.5 Å². The average molecular weight is 212 g/mol. The highest BCUT2D eigenvalue weighted by Gasteiger charge is 2.24. The van der Waals surface area contributed by atoms with Crippen molar-refractivity contribution in [2.45, 2.75) is 12.6 Å². The Kier molecular flexibility index (Phi) is 3.24. The molecule has 1 aliphatic heterocycles. The van der Waals surface area contributed by atoms with E-state index in [1.807, 2.05) is 0 Å². The molecule has 7 nitrogen and oxygen atoms in total. The first-order valence-electron chi connectivity index (χ1n) is 5.07. The second-order valence-corrected chi connectivity index (χ2v) is 3.67. The number of tetrazole rings is 1. The zero-order valence-corrected chi connectivity index (χ0v) is 8.83. The van der Waals surface area contributed by atoms with Crippen molar-refractivity contribution in [3.63, 3.8) is 0 Å². The molecular weight excluding hydrogens is 196 g/mol. The molecule has 0 aliphatic carbocycles. The molecule has 1 atom stereocenters. The SMILES string of the molecule is CN1CCOC(c2nnnn2CCN)C1. The van der Waals surface area contributed by atoms with Crippen molar-refractivity contribution in [3.8, 4) is 0 Å². The summed E-state index contributed by atoms with van der Waals surface area (Å²) < 4.78 is 7.35. The quantitative estimate of drug-likeness (QED) is 0.666. The van der Waals surface area contributed by atoms with Gasteiger partial charge in [-0.25, -0.2) is 4.68 Å². The van der Waals surface area contributed by atoms with Crippen molar-refractivity contribution in [1.82, 2.24) is 25.1 Å². The lowest BCUT2D eigenvalue weighted by Crippen LogP contribution is -2.36. The average Bonchev–Trinajstić information content (AvgIpc) is 2.66. The first-order chi connectivity index (χ1) is 7.31. The predicted octanol–water partition coefficient (Wildman–Crippen LogP) is -1.37. The van der Waals surface area contributed by atoms with Gasteiger partial charge in [0, 0.05) is 19.6 Å². The van der Waals surface area contributed by atoms with E-state index in [1.165, 1.54) is 0 Å². The maximum Gasteiger partial charge on any atom is 0.181 e. The fourth-order valence-corrected chi connectivity index (χ4v) is 1.66. The molecule has 84 valence electrons. The summed E-state index contributed by atoms with van der Waals surface area (Å²) in [6.07, 6.45) is -0.0368. The fourth-order valence-electron chi connectivity index (χ4n) is 1.66. The van der Waals surface area contributed by atoms with Crippen molar-refractivity contribution in [3.05, 3.63) is 5.82 Å². The van der Waals surface area contributed by atoms with Crippen LogP contribution in [0.2, 0.25) is 0 Å². The Balaban J connectivity index is 2.10. The summed E-state index contributed by atoms with van der Waals surface area (Å²) in [4.78, 5) is 2.20. The summed E-state index contributed by atoms with van der Waals surface area (Å²) >= 11 is 0. The van der Waals surface area contributed by atoms with Gasteiger partial charge in [-0.05, 0) is 17.5 Å². The van der Waals surface area contributed by atoms with E-state index >= 15 is 0 Å². The topological polar surface area (TPSA) is 82.1 Å². The number of nitrogens with zero attached hydrogens (tertiary/aromatic N) is 5. The number of likely N-dealkylation sites (N-methyl/N-ethyl adjacent to an activating group) is 1. The second kappa shape index (κ2) is 4.65. The second-order valence-electron chi connectivity index (χ2n) is 3.67. The highest BCUT2D eigenvalue weighted by atomic mass is 16.5. The zero-order chi connectivity index (χ0) is 10.7. The van der Waals surface area contributed by atoms with Gasteiger partial charge in [0.05, 0.1) is 13.2 Å². The van der Waals surface area contributed by atoms with Crippen LogP contribution in [0.1, 0.15) is 11.9 Å². The summed E-state index contributed by atoms with van der Waals surface area (Å²) in [5, 5.41) is 11.5. The lowest BCUT2D eigenvalue weighted by molar-refractivity contribution is -0.0277. The van der Waals surface area contributed by atoms with Crippen LogP contribution >= 0.6 is 0 Å². The summed E-state index contributed by atoms with van der Waals surface area (Å²) in [5.74, 6) is 0.770. The highest BCUT2D eigenvalue weighted by molar-refractivity contribution is 4.91. The van der Waals surface area contributed by atoms with Crippen molar-refractivity contribution in [1.29, 1.82) is 0 Å². The third-order valence-corrected chi connectivity index (χ3v) is 2.46. The third kappa shape index (κ3) is 2.31. The molecule has 0 aromatic carbocycles. The molecule has 1 aliphatic rings. The van der Waals surface area contributed by atoms with Crippen LogP contribution in [0.5, 0.6) is 0 Å². The van der Waals surface area contributed by atoms with E-state index in [2.05, 4.69) is 27.5 Å². The molecule has 1 aromatic rings. The smallest absolute Gasteiger partial charge is 0.181 e. The molecule has 1 fully saturated rings. The van der Waals surface area contributed by atoms with Gasteiger partial charge in [-0.3, -0.25) is 0 Å². The summed E-state index contributed by atoms with van der Waals surface area (Å²) in [5.41, 5.74) is 5.48. The lowest BCUT2D eigenvalue weighted by atomic mass is 10.2. The predicted molar refractivity (Wildman–Crippen MR) is 53.1 cm³/mol. The van der Waals surface area contributed by atoms with Gasteiger partial charge in [-0.15, -0.1) is 5.10 Å². The van der Waals surface area contributed by atoms with Crippen molar-refractivity contribution in [2.75, 3.05) is 33.3 Å². The Morgan fingerprint density at radius 1 is 1.60 bits per heavy atom. The molecule has 0 bridgehead atoms. The van der Waals surface area contributed by atoms with Crippen molar-refractivity contribution >= 4 is 0 Å². The van der Waals surface area contributed by atoms with E-state index in [9.17, 15) is 0 Å². The van der Waals surface area contributed by atoms with Crippen LogP contribution in [0.3, 0.4) is 0 Å². The van der Waals surface area contributed by atoms with Crippen LogP contribution in [0, 0.1) is 0 Å². The summed E-state index contributed by atoms with van der Waals surface area (Å²) in [7, 11) is 2.06. The Hall–Kier alpha value is -1.05. The molecule has 0 spiro atoms. The number of rotatable bonds is 3. The van der Waals surface area contributed by atoms with Crippen LogP contribution in [0.25, 0.3) is 0 Å². The van der Waals surface area contributed by atoms with Crippen LogP contribution in [-0.2, 0) is 11.3 Å². The maximum atomic E-state index is 5.63. The molecule has 15 heavy (non-hydrogen) atoms. The molecule has 1 saturated heterocycles. The van der Waals surface area contributed by atoms with Gasteiger partial charge >= 0.3 is 0 Å². The fraction of sp³-hybridized carbons (Fsp3) is 0.875. The minimum absolute atomic E-state index is 0.0368. The monoisotopic (exact) mass is 212 g/mol. The molecule has 2 N–H and O–H groups in total. The Bertz CT molecular complexity index is 314. The van der Waals surface area contributed by atoms with E-state index in [1.54, 1.807) is 4.68 Å². The summed E-state index contributed by atoms with van der Waals surface area (Å²) in [6, 6.07) is 0. The first kappa shape index (κ1) is 10.5. The van der Waals surface area contributed by atoms with Gasteiger partial charge in [0.2, 0.25) is 0 Å². The van der Waals surface area contributed by atoms with Gasteiger partial charge in [-0.1, -0.05) is 0 Å². The van der Waals surface area contributed by atoms with Gasteiger partial charge < -0.3 is 15.4 Å². The number of hydrogen-bond donors (Lipinski definition) is 1. The third-order valence-electron chi connectivity index (χ3n) is 2.46. The molecular formula is C8H16N6O. The van der Waals surface area contributed by atoms with Gasteiger partial charge in [-0.2, -0.15) is 0 Å². The van der Waals surface area contributed by atoms with Gasteiger partial charge in [0.25, 0.3) is 0 Å². The lowest BCUT2D eigenvalue weighted by Gasteiger charge is -2.29. The van der Waals surface area contributed by atoms with Crippen LogP contribution < -0.4 is 5.73 Å². The van der Waals surface area contributed by atoms with Crippen molar-refractivity contribution < 1.29 is 4.74 Å². The molecule has 2 rings (SSSR count). The van der Waals surface area contributed by atoms with Gasteiger partial charge in [0.15, 0.2) is 5.82 Å². The number of ether oxygens (including phenoxy) is 1. The van der Waals surface area contributed by atoms with Gasteiger partial charge in [0.1, 0.15) is 6.10 Å². The minimum Gasteiger partial charge on any atom is -0.367 e. The standard InChI is InChI=1S/C8H16N6O/c1-13-4-5-15-7(6-13)8-10-11-12-14(8)3-2-9/h7H,2-6,9H2,1H3. The summed E-state index contributed by atoms with van der Waals surface area (Å²) in [6.45, 7) is 3.66. The number of hydrogen-bond acceptors (Lipinski definition) is 6. The number of aromatic nitrogens is 4. The van der Waals surface area contributed by atoms with E-state index < -0.39 is 0 Å². The molecule has 2 heterocycles. The molecule has 1 aromatic heterocycles. The van der Waals surface area contributed by atoms with E-state index in [0.717, 1.165) is 25.5 Å². The maximum absolute atomic E-state index is 5.63. The molecule has 0 saturated carbocycles. The van der Waals surface area contributed by atoms with Crippen LogP contribution in [0.15, 0.2) is 0 Å². The minimum atomic E-state index is -0.0368. The molecule has 0 radical (unpaired) electrons. The number of nitrogens with two attached hydrogens (primary N) is 1. The Morgan fingerprint density at radius 3 is 3.20 bits per heavy atom. The normalized spacial score (nSPS) is 23.2. The zero-order valence-electron chi connectivity index (χ0n) is 8.83. The first-order valence-corrected chi connectivity index (χ1v) is 5.07. The molecule has 7 heteroatoms.